The van der Waals surface area contributed by atoms with E-state index in [1.54, 1.807) is 0 Å². The Morgan fingerprint density at radius 1 is 1.03 bits per heavy atom. The summed E-state index contributed by atoms with van der Waals surface area (Å²) in [6, 6.07) is 14.1. The molecule has 1 aliphatic heterocycles. The van der Waals surface area contributed by atoms with Crippen molar-refractivity contribution in [2.45, 2.75) is 63.4 Å². The summed E-state index contributed by atoms with van der Waals surface area (Å²) in [5.41, 5.74) is 2.21. The average Bonchev–Trinajstić information content (AvgIpc) is 3.37. The molecule has 1 saturated carbocycles. The number of likely N-dealkylation sites (tertiary alicyclic amines) is 1. The minimum absolute atomic E-state index is 0.261. The molecule has 0 bridgehead atoms. The maximum atomic E-state index is 12.4. The fourth-order valence-corrected chi connectivity index (χ4v) is 4.91. The molecule has 0 spiro atoms. The monoisotopic (exact) mass is 432 g/mol. The van der Waals surface area contributed by atoms with Crippen molar-refractivity contribution in [3.8, 4) is 5.75 Å². The second-order valence-electron chi connectivity index (χ2n) is 8.54. The predicted molar refractivity (Wildman–Crippen MR) is 113 cm³/mol. The van der Waals surface area contributed by atoms with Gasteiger partial charge >= 0.3 is 6.36 Å². The summed E-state index contributed by atoms with van der Waals surface area (Å²) >= 11 is 0. The number of nitrogens with one attached hydrogen (secondary N) is 1. The van der Waals surface area contributed by atoms with Gasteiger partial charge in [0.15, 0.2) is 0 Å². The van der Waals surface area contributed by atoms with Gasteiger partial charge in [-0.15, -0.1) is 13.2 Å². The van der Waals surface area contributed by atoms with Crippen LogP contribution in [0.1, 0.15) is 60.9 Å². The summed E-state index contributed by atoms with van der Waals surface area (Å²) < 4.78 is 40.6. The fraction of sp³-hybridized carbons (Fsp3) is 0.458. The number of carbonyl (C=O) groups is 1. The zero-order valence-electron chi connectivity index (χ0n) is 17.5. The van der Waals surface area contributed by atoms with Crippen LogP contribution in [0.2, 0.25) is 0 Å². The highest BCUT2D eigenvalue weighted by molar-refractivity contribution is 6.04. The zero-order chi connectivity index (χ0) is 22.0. The van der Waals surface area contributed by atoms with Gasteiger partial charge in [-0.25, -0.2) is 0 Å². The first-order valence-electron chi connectivity index (χ1n) is 10.8. The van der Waals surface area contributed by atoms with E-state index in [4.69, 9.17) is 0 Å². The molecule has 7 heteroatoms. The number of rotatable bonds is 5. The van der Waals surface area contributed by atoms with Gasteiger partial charge < -0.3 is 10.1 Å². The van der Waals surface area contributed by atoms with Crippen LogP contribution >= 0.6 is 0 Å². The molecule has 2 fully saturated rings. The second kappa shape index (κ2) is 8.91. The Kier molecular flexibility index (Phi) is 6.23. The van der Waals surface area contributed by atoms with Gasteiger partial charge in [0, 0.05) is 23.3 Å². The van der Waals surface area contributed by atoms with Crippen molar-refractivity contribution < 1.29 is 22.7 Å². The smallest absolute Gasteiger partial charge is 0.406 e. The molecule has 3 unspecified atom stereocenters. The van der Waals surface area contributed by atoms with Crippen molar-refractivity contribution >= 4 is 11.6 Å². The van der Waals surface area contributed by atoms with Crippen LogP contribution in [-0.4, -0.2) is 35.8 Å². The maximum absolute atomic E-state index is 12.4. The van der Waals surface area contributed by atoms with Gasteiger partial charge in [0.1, 0.15) is 5.75 Å². The predicted octanol–water partition coefficient (Wildman–Crippen LogP) is 5.96. The average molecular weight is 432 g/mol. The van der Waals surface area contributed by atoms with E-state index in [2.05, 4.69) is 34.0 Å². The van der Waals surface area contributed by atoms with Crippen LogP contribution < -0.4 is 10.1 Å². The Morgan fingerprint density at radius 2 is 1.74 bits per heavy atom. The normalized spacial score (nSPS) is 24.3. The van der Waals surface area contributed by atoms with Crippen molar-refractivity contribution in [2.75, 3.05) is 11.9 Å². The Hall–Kier alpha value is -2.54. The molecule has 4 nitrogen and oxygen atoms in total. The minimum atomic E-state index is -4.75. The van der Waals surface area contributed by atoms with Crippen LogP contribution in [0.3, 0.4) is 0 Å². The van der Waals surface area contributed by atoms with Crippen LogP contribution in [0, 0.1) is 0 Å². The Morgan fingerprint density at radius 3 is 2.35 bits per heavy atom. The topological polar surface area (TPSA) is 41.6 Å². The lowest BCUT2D eigenvalue weighted by Gasteiger charge is -2.28. The van der Waals surface area contributed by atoms with E-state index in [9.17, 15) is 18.0 Å². The van der Waals surface area contributed by atoms with Gasteiger partial charge in [0.25, 0.3) is 5.91 Å². The van der Waals surface area contributed by atoms with E-state index in [0.29, 0.717) is 23.7 Å². The first-order chi connectivity index (χ1) is 14.8. The molecule has 3 atom stereocenters. The zero-order valence-corrected chi connectivity index (χ0v) is 17.5. The molecule has 0 radical (unpaired) electrons. The standard InChI is InChI=1S/C24H27F3N2O2/c1-16-3-2-14-29(16)21-11-6-19(15-21)17-4-9-20(10-5-17)28-23(30)18-7-12-22(13-8-18)31-24(25,26)27/h4-5,7-10,12-13,16,19,21H,2-3,6,11,14-15H2,1H3,(H,28,30). The van der Waals surface area contributed by atoms with Crippen molar-refractivity contribution in [1.29, 1.82) is 0 Å². The highest BCUT2D eigenvalue weighted by atomic mass is 19.4. The molecule has 1 amide bonds. The lowest BCUT2D eigenvalue weighted by atomic mass is 9.97. The number of nitrogens with zero attached hydrogens (tertiary/aromatic N) is 1. The molecule has 166 valence electrons. The Balaban J connectivity index is 1.33. The third-order valence-corrected chi connectivity index (χ3v) is 6.47. The van der Waals surface area contributed by atoms with Gasteiger partial charge in [-0.3, -0.25) is 9.69 Å². The lowest BCUT2D eigenvalue weighted by molar-refractivity contribution is -0.274. The van der Waals surface area contributed by atoms with Crippen LogP contribution in [0.15, 0.2) is 48.5 Å². The quantitative estimate of drug-likeness (QED) is 0.634. The number of anilines is 1. The number of amides is 1. The van der Waals surface area contributed by atoms with Gasteiger partial charge in [0.2, 0.25) is 0 Å². The molecule has 1 saturated heterocycles. The second-order valence-corrected chi connectivity index (χ2v) is 8.54. The molecule has 2 aromatic carbocycles. The summed E-state index contributed by atoms with van der Waals surface area (Å²) in [4.78, 5) is 15.1. The van der Waals surface area contributed by atoms with Crippen LogP contribution in [0.4, 0.5) is 18.9 Å². The van der Waals surface area contributed by atoms with Crippen molar-refractivity contribution in [2.24, 2.45) is 0 Å². The van der Waals surface area contributed by atoms with Gasteiger partial charge in [-0.2, -0.15) is 0 Å². The molecule has 1 N–H and O–H groups in total. The van der Waals surface area contributed by atoms with E-state index in [1.165, 1.54) is 56.3 Å². The number of ether oxygens (including phenoxy) is 1. The Labute approximate surface area is 180 Å². The number of hydrogen-bond donors (Lipinski definition) is 1. The molecule has 2 aromatic rings. The number of hydrogen-bond acceptors (Lipinski definition) is 3. The van der Waals surface area contributed by atoms with Gasteiger partial charge in [0.05, 0.1) is 0 Å². The summed E-state index contributed by atoms with van der Waals surface area (Å²) in [5.74, 6) is -0.189. The molecular formula is C24H27F3N2O2. The molecule has 4 rings (SSSR count). The number of alkyl halides is 3. The van der Waals surface area contributed by atoms with Gasteiger partial charge in [-0.05, 0) is 93.5 Å². The number of halogens is 3. The summed E-state index contributed by atoms with van der Waals surface area (Å²) in [6.45, 7) is 3.54. The molecule has 1 aliphatic carbocycles. The minimum Gasteiger partial charge on any atom is -0.406 e. The fourth-order valence-electron chi connectivity index (χ4n) is 4.91. The first kappa shape index (κ1) is 21.7. The third-order valence-electron chi connectivity index (χ3n) is 6.47. The van der Waals surface area contributed by atoms with Crippen molar-refractivity contribution in [3.63, 3.8) is 0 Å². The van der Waals surface area contributed by atoms with E-state index < -0.39 is 6.36 Å². The van der Waals surface area contributed by atoms with Crippen LogP contribution in [-0.2, 0) is 0 Å². The van der Waals surface area contributed by atoms with Crippen molar-refractivity contribution in [3.05, 3.63) is 59.7 Å². The van der Waals surface area contributed by atoms with E-state index in [0.717, 1.165) is 12.1 Å². The first-order valence-corrected chi connectivity index (χ1v) is 10.8. The molecular weight excluding hydrogens is 405 g/mol. The van der Waals surface area contributed by atoms with Gasteiger partial charge in [-0.1, -0.05) is 12.1 Å². The SMILES string of the molecule is CC1CCCN1C1CCC(c2ccc(NC(=O)c3ccc(OC(F)(F)F)cc3)cc2)C1. The van der Waals surface area contributed by atoms with E-state index >= 15 is 0 Å². The summed E-state index contributed by atoms with van der Waals surface area (Å²) in [6.07, 6.45) is 1.45. The van der Waals surface area contributed by atoms with E-state index in [1.807, 2.05) is 12.1 Å². The van der Waals surface area contributed by atoms with Crippen molar-refractivity contribution in [1.82, 2.24) is 4.90 Å². The highest BCUT2D eigenvalue weighted by Gasteiger charge is 2.34. The molecule has 2 aliphatic rings. The maximum Gasteiger partial charge on any atom is 0.573 e. The lowest BCUT2D eigenvalue weighted by Crippen LogP contribution is -2.35. The number of carbonyl (C=O) groups excluding carboxylic acids is 1. The van der Waals surface area contributed by atoms with Crippen LogP contribution in [0.5, 0.6) is 5.75 Å². The summed E-state index contributed by atoms with van der Waals surface area (Å²) in [7, 11) is 0. The molecule has 1 heterocycles. The summed E-state index contributed by atoms with van der Waals surface area (Å²) in [5, 5.41) is 2.79. The van der Waals surface area contributed by atoms with Crippen LogP contribution in [0.25, 0.3) is 0 Å². The Bertz CT molecular complexity index is 897. The molecule has 0 aromatic heterocycles. The van der Waals surface area contributed by atoms with E-state index in [-0.39, 0.29) is 17.2 Å². The third kappa shape index (κ3) is 5.39. The molecule has 31 heavy (non-hydrogen) atoms. The largest absolute Gasteiger partial charge is 0.573 e. The number of benzene rings is 2. The highest BCUT2D eigenvalue weighted by Crippen LogP contribution is 2.39.